The number of amidine groups is 1. The second-order valence-corrected chi connectivity index (χ2v) is 7.96. The Hall–Kier alpha value is -1.37. The van der Waals surface area contributed by atoms with Gasteiger partial charge in [0, 0.05) is 15.1 Å². The van der Waals surface area contributed by atoms with Crippen molar-refractivity contribution >= 4 is 43.4 Å². The van der Waals surface area contributed by atoms with Gasteiger partial charge in [-0.05, 0) is 36.4 Å². The zero-order chi connectivity index (χ0) is 15.7. The molecule has 1 aliphatic heterocycles. The number of benzene rings is 2. The lowest BCUT2D eigenvalue weighted by molar-refractivity contribution is 0.538. The van der Waals surface area contributed by atoms with Gasteiger partial charge >= 0.3 is 0 Å². The Morgan fingerprint density at radius 1 is 1.14 bits per heavy atom. The summed E-state index contributed by atoms with van der Waals surface area (Å²) in [4.78, 5) is 4.58. The minimum absolute atomic E-state index is 0.243. The van der Waals surface area contributed by atoms with Gasteiger partial charge in [0.25, 0.3) is 10.0 Å². The SMILES string of the molecule is O=S(=O)(c1ccc(Br)cc1)N1CCN=C1c1cccc(Cl)c1. The second kappa shape index (κ2) is 6.02. The molecule has 0 radical (unpaired) electrons. The smallest absolute Gasteiger partial charge is 0.265 e. The second-order valence-electron chi connectivity index (χ2n) is 4.75. The van der Waals surface area contributed by atoms with Crippen LogP contribution in [0.3, 0.4) is 0 Å². The lowest BCUT2D eigenvalue weighted by atomic mass is 10.2. The summed E-state index contributed by atoms with van der Waals surface area (Å²) in [6, 6.07) is 13.6. The van der Waals surface area contributed by atoms with E-state index in [1.54, 1.807) is 48.5 Å². The highest BCUT2D eigenvalue weighted by atomic mass is 79.9. The van der Waals surface area contributed by atoms with Gasteiger partial charge in [-0.25, -0.2) is 12.7 Å². The molecule has 0 aromatic heterocycles. The standard InChI is InChI=1S/C15H12BrClN2O2S/c16-12-4-6-14(7-5-12)22(20,21)19-9-8-18-15(19)11-2-1-3-13(17)10-11/h1-7,10H,8-9H2. The number of nitrogens with zero attached hydrogens (tertiary/aromatic N) is 2. The number of rotatable bonds is 3. The summed E-state index contributed by atoms with van der Waals surface area (Å²) in [5.41, 5.74) is 0.700. The van der Waals surface area contributed by atoms with Gasteiger partial charge in [0.15, 0.2) is 0 Å². The molecule has 0 saturated heterocycles. The van der Waals surface area contributed by atoms with Crippen LogP contribution in [0.15, 0.2) is 62.9 Å². The van der Waals surface area contributed by atoms with Crippen LogP contribution in [-0.4, -0.2) is 31.6 Å². The normalized spacial score (nSPS) is 15.0. The summed E-state index contributed by atoms with van der Waals surface area (Å²) < 4.78 is 27.8. The number of halogens is 2. The fourth-order valence-electron chi connectivity index (χ4n) is 2.26. The molecule has 0 amide bonds. The fraction of sp³-hybridized carbons (Fsp3) is 0.133. The Balaban J connectivity index is 2.00. The molecule has 4 nitrogen and oxygen atoms in total. The fourth-order valence-corrected chi connectivity index (χ4v) is 4.16. The number of hydrogen-bond donors (Lipinski definition) is 0. The number of aliphatic imine (C=N–C) groups is 1. The largest absolute Gasteiger partial charge is 0.265 e. The third-order valence-corrected chi connectivity index (χ3v) is 5.85. The van der Waals surface area contributed by atoms with Gasteiger partial charge < -0.3 is 0 Å². The minimum Gasteiger partial charge on any atom is -0.265 e. The minimum atomic E-state index is -3.63. The molecule has 3 rings (SSSR count). The first kappa shape index (κ1) is 15.5. The first-order valence-electron chi connectivity index (χ1n) is 6.57. The molecule has 0 spiro atoms. The lowest BCUT2D eigenvalue weighted by Gasteiger charge is -2.20. The van der Waals surface area contributed by atoms with E-state index in [0.717, 1.165) is 4.47 Å². The zero-order valence-electron chi connectivity index (χ0n) is 11.4. The third kappa shape index (κ3) is 2.91. The Labute approximate surface area is 142 Å². The molecule has 0 N–H and O–H groups in total. The predicted octanol–water partition coefficient (Wildman–Crippen LogP) is 3.55. The third-order valence-electron chi connectivity index (χ3n) is 3.29. The Morgan fingerprint density at radius 3 is 2.55 bits per heavy atom. The molecule has 0 atom stereocenters. The van der Waals surface area contributed by atoms with Crippen molar-refractivity contribution in [1.29, 1.82) is 0 Å². The molecule has 114 valence electrons. The van der Waals surface area contributed by atoms with Crippen molar-refractivity contribution in [1.82, 2.24) is 4.31 Å². The van der Waals surface area contributed by atoms with Crippen molar-refractivity contribution in [2.75, 3.05) is 13.1 Å². The summed E-state index contributed by atoms with van der Waals surface area (Å²) in [5, 5.41) is 0.549. The van der Waals surface area contributed by atoms with Crippen molar-refractivity contribution in [2.24, 2.45) is 4.99 Å². The molecular weight excluding hydrogens is 388 g/mol. The molecule has 2 aromatic carbocycles. The molecule has 0 saturated carbocycles. The number of sulfonamides is 1. The van der Waals surface area contributed by atoms with E-state index in [1.165, 1.54) is 4.31 Å². The average Bonchev–Trinajstić information content (AvgIpc) is 2.98. The molecule has 22 heavy (non-hydrogen) atoms. The van der Waals surface area contributed by atoms with Crippen molar-refractivity contribution in [3.63, 3.8) is 0 Å². The summed E-state index contributed by atoms with van der Waals surface area (Å²) >= 11 is 9.30. The van der Waals surface area contributed by atoms with Crippen LogP contribution >= 0.6 is 27.5 Å². The van der Waals surface area contributed by atoms with Crippen molar-refractivity contribution < 1.29 is 8.42 Å². The molecule has 0 bridgehead atoms. The van der Waals surface area contributed by atoms with Crippen LogP contribution in [0.2, 0.25) is 5.02 Å². The van der Waals surface area contributed by atoms with Gasteiger partial charge in [0.2, 0.25) is 0 Å². The molecule has 1 heterocycles. The number of hydrogen-bond acceptors (Lipinski definition) is 3. The Kier molecular flexibility index (Phi) is 4.25. The maximum Gasteiger partial charge on any atom is 0.265 e. The van der Waals surface area contributed by atoms with Crippen LogP contribution in [0, 0.1) is 0 Å². The van der Waals surface area contributed by atoms with Crippen LogP contribution < -0.4 is 0 Å². The van der Waals surface area contributed by atoms with Gasteiger partial charge in [0.1, 0.15) is 5.84 Å². The van der Waals surface area contributed by atoms with E-state index in [9.17, 15) is 8.42 Å². The van der Waals surface area contributed by atoms with E-state index in [-0.39, 0.29) is 4.90 Å². The van der Waals surface area contributed by atoms with E-state index in [0.29, 0.717) is 29.5 Å². The van der Waals surface area contributed by atoms with E-state index < -0.39 is 10.0 Å². The monoisotopic (exact) mass is 398 g/mol. The van der Waals surface area contributed by atoms with Gasteiger partial charge in [-0.3, -0.25) is 4.99 Å². The molecule has 7 heteroatoms. The lowest BCUT2D eigenvalue weighted by Crippen LogP contribution is -2.34. The van der Waals surface area contributed by atoms with E-state index >= 15 is 0 Å². The van der Waals surface area contributed by atoms with Crippen LogP contribution in [0.25, 0.3) is 0 Å². The highest BCUT2D eigenvalue weighted by Gasteiger charge is 2.31. The van der Waals surface area contributed by atoms with Crippen LogP contribution in [-0.2, 0) is 10.0 Å². The Morgan fingerprint density at radius 2 is 1.86 bits per heavy atom. The van der Waals surface area contributed by atoms with E-state index in [1.807, 2.05) is 0 Å². The predicted molar refractivity (Wildman–Crippen MR) is 90.9 cm³/mol. The summed E-state index contributed by atoms with van der Waals surface area (Å²) in [7, 11) is -3.63. The van der Waals surface area contributed by atoms with Crippen molar-refractivity contribution in [3.05, 3.63) is 63.6 Å². The van der Waals surface area contributed by atoms with Gasteiger partial charge in [-0.1, -0.05) is 39.7 Å². The zero-order valence-corrected chi connectivity index (χ0v) is 14.6. The summed E-state index contributed by atoms with van der Waals surface area (Å²) in [6.45, 7) is 0.776. The first-order chi connectivity index (χ1) is 10.5. The topological polar surface area (TPSA) is 49.7 Å². The summed E-state index contributed by atoms with van der Waals surface area (Å²) in [5.74, 6) is 0.436. The van der Waals surface area contributed by atoms with Gasteiger partial charge in [-0.2, -0.15) is 0 Å². The van der Waals surface area contributed by atoms with Crippen molar-refractivity contribution in [2.45, 2.75) is 4.90 Å². The molecule has 1 aliphatic rings. The quantitative estimate of drug-likeness (QED) is 0.792. The molecule has 0 fully saturated rings. The highest BCUT2D eigenvalue weighted by Crippen LogP contribution is 2.24. The maximum atomic E-state index is 12.8. The maximum absolute atomic E-state index is 12.8. The molecule has 0 unspecified atom stereocenters. The molecule has 0 aliphatic carbocycles. The Bertz CT molecular complexity index is 835. The van der Waals surface area contributed by atoms with Gasteiger partial charge in [-0.15, -0.1) is 0 Å². The molecular formula is C15H12BrClN2O2S. The van der Waals surface area contributed by atoms with E-state index in [4.69, 9.17) is 11.6 Å². The van der Waals surface area contributed by atoms with E-state index in [2.05, 4.69) is 20.9 Å². The summed E-state index contributed by atoms with van der Waals surface area (Å²) in [6.07, 6.45) is 0. The van der Waals surface area contributed by atoms with Crippen LogP contribution in [0.5, 0.6) is 0 Å². The van der Waals surface area contributed by atoms with Gasteiger partial charge in [0.05, 0.1) is 18.0 Å². The highest BCUT2D eigenvalue weighted by molar-refractivity contribution is 9.10. The van der Waals surface area contributed by atoms with Crippen molar-refractivity contribution in [3.8, 4) is 0 Å². The molecule has 2 aromatic rings. The first-order valence-corrected chi connectivity index (χ1v) is 9.18. The van der Waals surface area contributed by atoms with Crippen LogP contribution in [0.4, 0.5) is 0 Å². The average molecular weight is 400 g/mol. The van der Waals surface area contributed by atoms with Crippen LogP contribution in [0.1, 0.15) is 5.56 Å².